The molecule has 0 fully saturated rings. The van der Waals surface area contributed by atoms with Crippen LogP contribution in [0, 0.1) is 0 Å². The summed E-state index contributed by atoms with van der Waals surface area (Å²) in [6.45, 7) is 0. The molecule has 0 aromatic carbocycles. The third kappa shape index (κ3) is 1.32. The minimum atomic E-state index is -0.156. The summed E-state index contributed by atoms with van der Waals surface area (Å²) >= 11 is 3.07. The van der Waals surface area contributed by atoms with Crippen molar-refractivity contribution in [3.05, 3.63) is 27.1 Å². The van der Waals surface area contributed by atoms with E-state index in [-0.39, 0.29) is 5.56 Å². The van der Waals surface area contributed by atoms with Crippen LogP contribution in [0.25, 0.3) is 0 Å². The largest absolute Gasteiger partial charge is 0.397 e. The molecule has 9 heavy (non-hydrogen) atoms. The molecule has 0 amide bonds. The fourth-order valence-electron chi connectivity index (χ4n) is 0.461. The zero-order valence-corrected chi connectivity index (χ0v) is 6.10. The van der Waals surface area contributed by atoms with Gasteiger partial charge in [-0.05, 0) is 22.0 Å². The topological polar surface area (TPSA) is 58.9 Å². The molecular formula is C5H5BrN2O. The lowest BCUT2D eigenvalue weighted by Crippen LogP contribution is -2.04. The highest BCUT2D eigenvalue weighted by Crippen LogP contribution is 2.11. The Morgan fingerprint density at radius 2 is 2.22 bits per heavy atom. The number of hydrogen-bond acceptors (Lipinski definition) is 2. The van der Waals surface area contributed by atoms with Gasteiger partial charge in [0.1, 0.15) is 4.60 Å². The summed E-state index contributed by atoms with van der Waals surface area (Å²) in [5.41, 5.74) is 5.75. The molecule has 0 unspecified atom stereocenters. The number of H-pyrrole nitrogens is 1. The van der Waals surface area contributed by atoms with Gasteiger partial charge in [-0.15, -0.1) is 0 Å². The Hall–Kier alpha value is -0.770. The number of nitrogens with two attached hydrogens (primary N) is 1. The second-order valence-electron chi connectivity index (χ2n) is 1.59. The van der Waals surface area contributed by atoms with Crippen LogP contribution in [0.5, 0.6) is 0 Å². The van der Waals surface area contributed by atoms with Gasteiger partial charge in [0.05, 0.1) is 5.69 Å². The van der Waals surface area contributed by atoms with E-state index in [9.17, 15) is 4.79 Å². The molecule has 0 aliphatic rings. The molecule has 0 spiro atoms. The quantitative estimate of drug-likeness (QED) is 0.590. The molecule has 1 rings (SSSR count). The van der Waals surface area contributed by atoms with E-state index < -0.39 is 0 Å². The summed E-state index contributed by atoms with van der Waals surface area (Å²) < 4.78 is 0.537. The standard InChI is InChI=1S/C5H5BrN2O/c6-5-3(7)1-2-4(9)8-5/h1-2H,7H2,(H,8,9). The number of nitrogen functional groups attached to an aromatic ring is 1. The van der Waals surface area contributed by atoms with E-state index in [1.807, 2.05) is 0 Å². The molecule has 0 aliphatic heterocycles. The zero-order chi connectivity index (χ0) is 6.85. The second kappa shape index (κ2) is 2.23. The number of hydrogen-bond donors (Lipinski definition) is 2. The molecule has 0 atom stereocenters. The Bertz CT molecular complexity index is 268. The van der Waals surface area contributed by atoms with Crippen molar-refractivity contribution < 1.29 is 0 Å². The monoisotopic (exact) mass is 188 g/mol. The van der Waals surface area contributed by atoms with Gasteiger partial charge in [0.15, 0.2) is 0 Å². The Morgan fingerprint density at radius 3 is 2.67 bits per heavy atom. The first-order valence-electron chi connectivity index (χ1n) is 2.34. The highest BCUT2D eigenvalue weighted by atomic mass is 79.9. The summed E-state index contributed by atoms with van der Waals surface area (Å²) in [6, 6.07) is 2.92. The van der Waals surface area contributed by atoms with Crippen molar-refractivity contribution in [3.63, 3.8) is 0 Å². The molecule has 0 radical (unpaired) electrons. The smallest absolute Gasteiger partial charge is 0.248 e. The Morgan fingerprint density at radius 1 is 1.56 bits per heavy atom. The van der Waals surface area contributed by atoms with Gasteiger partial charge in [-0.1, -0.05) is 0 Å². The van der Waals surface area contributed by atoms with Crippen LogP contribution in [0.1, 0.15) is 0 Å². The Labute approximate surface area is 60.0 Å². The number of nitrogens with one attached hydrogen (secondary N) is 1. The van der Waals surface area contributed by atoms with Gasteiger partial charge in [-0.2, -0.15) is 0 Å². The normalized spacial score (nSPS) is 9.44. The summed E-state index contributed by atoms with van der Waals surface area (Å²) in [5, 5.41) is 0. The second-order valence-corrected chi connectivity index (χ2v) is 2.38. The first-order chi connectivity index (χ1) is 4.20. The van der Waals surface area contributed by atoms with E-state index in [4.69, 9.17) is 5.73 Å². The summed E-state index contributed by atoms with van der Waals surface area (Å²) in [6.07, 6.45) is 0. The average Bonchev–Trinajstić information content (AvgIpc) is 1.80. The lowest BCUT2D eigenvalue weighted by Gasteiger charge is -1.92. The van der Waals surface area contributed by atoms with Crippen molar-refractivity contribution in [1.82, 2.24) is 4.98 Å². The molecule has 1 aromatic rings. The minimum Gasteiger partial charge on any atom is -0.397 e. The number of halogens is 1. The van der Waals surface area contributed by atoms with Crippen molar-refractivity contribution in [2.75, 3.05) is 5.73 Å². The summed E-state index contributed by atoms with van der Waals surface area (Å²) in [5.74, 6) is 0. The van der Waals surface area contributed by atoms with E-state index in [1.54, 1.807) is 6.07 Å². The molecule has 0 saturated heterocycles. The van der Waals surface area contributed by atoms with Crippen LogP contribution in [-0.4, -0.2) is 4.98 Å². The van der Waals surface area contributed by atoms with Crippen LogP contribution >= 0.6 is 15.9 Å². The fourth-order valence-corrected chi connectivity index (χ4v) is 0.788. The molecule has 0 saturated carbocycles. The highest BCUT2D eigenvalue weighted by Gasteiger charge is 1.91. The predicted molar refractivity (Wildman–Crippen MR) is 39.2 cm³/mol. The molecule has 1 heterocycles. The fraction of sp³-hybridized carbons (Fsp3) is 0. The molecule has 0 aliphatic carbocycles. The van der Waals surface area contributed by atoms with Crippen LogP contribution in [0.15, 0.2) is 21.5 Å². The Kier molecular flexibility index (Phi) is 1.57. The van der Waals surface area contributed by atoms with Crippen molar-refractivity contribution in [2.45, 2.75) is 0 Å². The van der Waals surface area contributed by atoms with E-state index in [0.717, 1.165) is 0 Å². The lowest BCUT2D eigenvalue weighted by atomic mass is 10.4. The number of pyridine rings is 1. The zero-order valence-electron chi connectivity index (χ0n) is 4.52. The summed E-state index contributed by atoms with van der Waals surface area (Å²) in [7, 11) is 0. The van der Waals surface area contributed by atoms with Gasteiger partial charge in [0.2, 0.25) is 5.56 Å². The average molecular weight is 189 g/mol. The van der Waals surface area contributed by atoms with Crippen molar-refractivity contribution in [3.8, 4) is 0 Å². The van der Waals surface area contributed by atoms with Crippen LogP contribution in [0.4, 0.5) is 5.69 Å². The maximum absolute atomic E-state index is 10.5. The Balaban J connectivity index is 3.34. The lowest BCUT2D eigenvalue weighted by molar-refractivity contribution is 1.20. The van der Waals surface area contributed by atoms with Crippen molar-refractivity contribution in [2.24, 2.45) is 0 Å². The number of rotatable bonds is 0. The molecule has 4 heteroatoms. The van der Waals surface area contributed by atoms with Gasteiger partial charge >= 0.3 is 0 Å². The van der Waals surface area contributed by atoms with Crippen LogP contribution in [0.3, 0.4) is 0 Å². The molecule has 1 aromatic heterocycles. The van der Waals surface area contributed by atoms with E-state index in [0.29, 0.717) is 10.3 Å². The van der Waals surface area contributed by atoms with Gasteiger partial charge in [-0.25, -0.2) is 0 Å². The van der Waals surface area contributed by atoms with Gasteiger partial charge in [0.25, 0.3) is 0 Å². The van der Waals surface area contributed by atoms with Crippen LogP contribution in [0.2, 0.25) is 0 Å². The predicted octanol–water partition coefficient (Wildman–Crippen LogP) is 0.720. The minimum absolute atomic E-state index is 0.156. The van der Waals surface area contributed by atoms with Gasteiger partial charge < -0.3 is 10.7 Å². The third-order valence-electron chi connectivity index (χ3n) is 0.901. The number of anilines is 1. The maximum atomic E-state index is 10.5. The SMILES string of the molecule is Nc1ccc(=O)[nH]c1Br. The maximum Gasteiger partial charge on any atom is 0.248 e. The number of aromatic nitrogens is 1. The molecule has 3 nitrogen and oxygen atoms in total. The molecular weight excluding hydrogens is 184 g/mol. The first-order valence-corrected chi connectivity index (χ1v) is 3.14. The van der Waals surface area contributed by atoms with Crippen LogP contribution < -0.4 is 11.3 Å². The first kappa shape index (κ1) is 6.35. The van der Waals surface area contributed by atoms with Crippen molar-refractivity contribution in [1.29, 1.82) is 0 Å². The van der Waals surface area contributed by atoms with E-state index in [1.165, 1.54) is 6.07 Å². The molecule has 48 valence electrons. The van der Waals surface area contributed by atoms with Gasteiger partial charge in [-0.3, -0.25) is 4.79 Å². The van der Waals surface area contributed by atoms with E-state index >= 15 is 0 Å². The number of aromatic amines is 1. The van der Waals surface area contributed by atoms with Crippen LogP contribution in [-0.2, 0) is 0 Å². The molecule has 3 N–H and O–H groups in total. The summed E-state index contributed by atoms with van der Waals surface area (Å²) in [4.78, 5) is 13.0. The molecule has 0 bridgehead atoms. The van der Waals surface area contributed by atoms with E-state index in [2.05, 4.69) is 20.9 Å². The highest BCUT2D eigenvalue weighted by molar-refractivity contribution is 9.10. The van der Waals surface area contributed by atoms with Gasteiger partial charge in [0, 0.05) is 6.07 Å². The van der Waals surface area contributed by atoms with Crippen molar-refractivity contribution >= 4 is 21.6 Å². The third-order valence-corrected chi connectivity index (χ3v) is 1.56.